The van der Waals surface area contributed by atoms with Crippen LogP contribution < -0.4 is 0 Å². The Morgan fingerprint density at radius 1 is 1.62 bits per heavy atom. The predicted molar refractivity (Wildman–Crippen MR) is 56.2 cm³/mol. The summed E-state index contributed by atoms with van der Waals surface area (Å²) in [5.41, 5.74) is 0.817. The molecule has 1 nitrogen and oxygen atoms in total. The van der Waals surface area contributed by atoms with Crippen LogP contribution in [0.15, 0.2) is 6.20 Å². The van der Waals surface area contributed by atoms with Crippen LogP contribution in [0.1, 0.15) is 23.2 Å². The third-order valence-electron chi connectivity index (χ3n) is 1.73. The van der Waals surface area contributed by atoms with Crippen LogP contribution in [0.2, 0.25) is 0 Å². The molecule has 5 heteroatoms. The van der Waals surface area contributed by atoms with Gasteiger partial charge in [0.05, 0.1) is 0 Å². The molecular formula is C8H7ClF2IN. The average molecular weight is 318 g/mol. The van der Waals surface area contributed by atoms with E-state index in [9.17, 15) is 8.78 Å². The first-order valence-corrected chi connectivity index (χ1v) is 5.17. The van der Waals surface area contributed by atoms with Crippen molar-refractivity contribution in [3.63, 3.8) is 0 Å². The summed E-state index contributed by atoms with van der Waals surface area (Å²) in [4.78, 5) is 3.86. The lowest BCUT2D eigenvalue weighted by Gasteiger charge is -2.10. The fourth-order valence-electron chi connectivity index (χ4n) is 1.07. The Labute approximate surface area is 93.6 Å². The summed E-state index contributed by atoms with van der Waals surface area (Å²) >= 11 is 7.54. The minimum Gasteiger partial charge on any atom is -0.260 e. The minimum atomic E-state index is -2.50. The van der Waals surface area contributed by atoms with Crippen molar-refractivity contribution < 1.29 is 8.78 Å². The molecule has 13 heavy (non-hydrogen) atoms. The Bertz CT molecular complexity index is 317. The van der Waals surface area contributed by atoms with Gasteiger partial charge in [-0.1, -0.05) is 0 Å². The van der Waals surface area contributed by atoms with Crippen molar-refractivity contribution in [3.05, 3.63) is 26.6 Å². The van der Waals surface area contributed by atoms with E-state index in [1.807, 2.05) is 22.6 Å². The van der Waals surface area contributed by atoms with E-state index in [0.717, 1.165) is 0 Å². The van der Waals surface area contributed by atoms with Gasteiger partial charge in [-0.05, 0) is 35.1 Å². The maximum Gasteiger partial charge on any atom is 0.265 e. The van der Waals surface area contributed by atoms with Gasteiger partial charge in [0.15, 0.2) is 0 Å². The van der Waals surface area contributed by atoms with Crippen LogP contribution in [0.4, 0.5) is 8.78 Å². The van der Waals surface area contributed by atoms with E-state index >= 15 is 0 Å². The highest BCUT2D eigenvalue weighted by atomic mass is 127. The first kappa shape index (κ1) is 11.1. The molecule has 1 heterocycles. The number of rotatable bonds is 2. The molecule has 0 bridgehead atoms. The first-order chi connectivity index (χ1) is 6.07. The van der Waals surface area contributed by atoms with Crippen molar-refractivity contribution in [2.45, 2.75) is 19.2 Å². The molecule has 0 atom stereocenters. The topological polar surface area (TPSA) is 12.9 Å². The Hall–Kier alpha value is 0.0300. The molecule has 0 aliphatic carbocycles. The number of aryl methyl sites for hydroxylation is 1. The van der Waals surface area contributed by atoms with E-state index < -0.39 is 6.43 Å². The zero-order valence-corrected chi connectivity index (χ0v) is 9.73. The quantitative estimate of drug-likeness (QED) is 0.599. The van der Waals surface area contributed by atoms with Crippen LogP contribution in [0.3, 0.4) is 0 Å². The smallest absolute Gasteiger partial charge is 0.260 e. The van der Waals surface area contributed by atoms with E-state index in [1.165, 1.54) is 0 Å². The van der Waals surface area contributed by atoms with Crippen molar-refractivity contribution >= 4 is 34.2 Å². The molecule has 0 spiro atoms. The fourth-order valence-corrected chi connectivity index (χ4v) is 2.21. The van der Waals surface area contributed by atoms with Gasteiger partial charge in [-0.25, -0.2) is 8.78 Å². The van der Waals surface area contributed by atoms with Crippen molar-refractivity contribution in [3.8, 4) is 0 Å². The van der Waals surface area contributed by atoms with E-state index in [-0.39, 0.29) is 11.4 Å². The lowest BCUT2D eigenvalue weighted by atomic mass is 10.1. The number of alkyl halides is 3. The monoisotopic (exact) mass is 317 g/mol. The van der Waals surface area contributed by atoms with Gasteiger partial charge in [-0.3, -0.25) is 4.98 Å². The van der Waals surface area contributed by atoms with Gasteiger partial charge >= 0.3 is 0 Å². The van der Waals surface area contributed by atoms with Crippen LogP contribution in [-0.2, 0) is 5.88 Å². The number of halogens is 4. The lowest BCUT2D eigenvalue weighted by Crippen LogP contribution is -2.01. The second-order valence-corrected chi connectivity index (χ2v) is 3.95. The number of nitrogens with zero attached hydrogens (tertiary/aromatic N) is 1. The lowest BCUT2D eigenvalue weighted by molar-refractivity contribution is 0.149. The highest BCUT2D eigenvalue weighted by molar-refractivity contribution is 14.1. The molecule has 1 aromatic rings. The first-order valence-electron chi connectivity index (χ1n) is 3.56. The van der Waals surface area contributed by atoms with Crippen LogP contribution in [0.5, 0.6) is 0 Å². The maximum atomic E-state index is 12.6. The van der Waals surface area contributed by atoms with Crippen LogP contribution in [0.25, 0.3) is 0 Å². The SMILES string of the molecule is Cc1ncc(I)c(CCl)c1C(F)F. The molecule has 0 fully saturated rings. The van der Waals surface area contributed by atoms with Crippen LogP contribution in [0, 0.1) is 10.5 Å². The molecule has 0 radical (unpaired) electrons. The molecular weight excluding hydrogens is 310 g/mol. The van der Waals surface area contributed by atoms with Crippen molar-refractivity contribution in [2.75, 3.05) is 0 Å². The second kappa shape index (κ2) is 4.50. The summed E-state index contributed by atoms with van der Waals surface area (Å²) in [6.07, 6.45) is -0.949. The maximum absolute atomic E-state index is 12.6. The molecule has 0 aromatic carbocycles. The average Bonchev–Trinajstić information content (AvgIpc) is 2.07. The Balaban J connectivity index is 3.35. The van der Waals surface area contributed by atoms with Gasteiger partial charge < -0.3 is 0 Å². The normalized spacial score (nSPS) is 10.9. The third-order valence-corrected chi connectivity index (χ3v) is 2.92. The van der Waals surface area contributed by atoms with Gasteiger partial charge in [0.2, 0.25) is 0 Å². The van der Waals surface area contributed by atoms with Gasteiger partial charge in [0.1, 0.15) is 0 Å². The van der Waals surface area contributed by atoms with Crippen molar-refractivity contribution in [1.82, 2.24) is 4.98 Å². The molecule has 0 amide bonds. The number of aromatic nitrogens is 1. The van der Waals surface area contributed by atoms with Crippen LogP contribution >= 0.6 is 34.2 Å². The highest BCUT2D eigenvalue weighted by Crippen LogP contribution is 2.29. The van der Waals surface area contributed by atoms with Gasteiger partial charge in [-0.2, -0.15) is 0 Å². The molecule has 0 unspecified atom stereocenters. The van der Waals surface area contributed by atoms with E-state index in [1.54, 1.807) is 13.1 Å². The Morgan fingerprint density at radius 3 is 2.62 bits per heavy atom. The Kier molecular flexibility index (Phi) is 3.85. The zero-order valence-electron chi connectivity index (χ0n) is 6.82. The van der Waals surface area contributed by atoms with Gasteiger partial charge in [-0.15, -0.1) is 11.6 Å². The molecule has 0 saturated carbocycles. The van der Waals surface area contributed by atoms with Gasteiger partial charge in [0, 0.05) is 26.9 Å². The standard InChI is InChI=1S/C8H7ClF2IN/c1-4-7(8(10)11)5(2-9)6(12)3-13-4/h3,8H,2H2,1H3. The molecule has 0 saturated heterocycles. The van der Waals surface area contributed by atoms with Crippen LogP contribution in [-0.4, -0.2) is 4.98 Å². The molecule has 0 aliphatic heterocycles. The third kappa shape index (κ3) is 2.28. The second-order valence-electron chi connectivity index (χ2n) is 2.52. The van der Waals surface area contributed by atoms with Gasteiger partial charge in [0.25, 0.3) is 6.43 Å². The molecule has 1 rings (SSSR count). The molecule has 0 N–H and O–H groups in total. The van der Waals surface area contributed by atoms with Crippen molar-refractivity contribution in [2.24, 2.45) is 0 Å². The molecule has 0 aliphatic rings. The fraction of sp³-hybridized carbons (Fsp3) is 0.375. The minimum absolute atomic E-state index is 0.0260. The van der Waals surface area contributed by atoms with E-state index in [0.29, 0.717) is 14.8 Å². The largest absolute Gasteiger partial charge is 0.265 e. The summed E-state index contributed by atoms with van der Waals surface area (Å²) < 4.78 is 25.8. The van der Waals surface area contributed by atoms with E-state index in [4.69, 9.17) is 11.6 Å². The number of hydrogen-bond acceptors (Lipinski definition) is 1. The van der Waals surface area contributed by atoms with Crippen molar-refractivity contribution in [1.29, 1.82) is 0 Å². The van der Waals surface area contributed by atoms with E-state index in [2.05, 4.69) is 4.98 Å². The predicted octanol–water partition coefficient (Wildman–Crippen LogP) is 3.67. The number of pyridine rings is 1. The highest BCUT2D eigenvalue weighted by Gasteiger charge is 2.18. The summed E-state index contributed by atoms with van der Waals surface area (Å²) in [5, 5.41) is 0. The summed E-state index contributed by atoms with van der Waals surface area (Å²) in [6.45, 7) is 1.56. The zero-order chi connectivity index (χ0) is 10.0. The number of hydrogen-bond donors (Lipinski definition) is 0. The summed E-state index contributed by atoms with van der Waals surface area (Å²) in [6, 6.07) is 0. The summed E-state index contributed by atoms with van der Waals surface area (Å²) in [7, 11) is 0. The molecule has 1 aromatic heterocycles. The summed E-state index contributed by atoms with van der Waals surface area (Å²) in [5.74, 6) is 0.0985. The molecule has 72 valence electrons. The Morgan fingerprint density at radius 2 is 2.23 bits per heavy atom.